The minimum Gasteiger partial charge on any atom is -0.493 e. The molecule has 0 fully saturated rings. The monoisotopic (exact) mass is 351 g/mol. The highest BCUT2D eigenvalue weighted by Crippen LogP contribution is 2.31. The van der Waals surface area contributed by atoms with Crippen molar-refractivity contribution in [1.82, 2.24) is 0 Å². The molecule has 23 heavy (non-hydrogen) atoms. The zero-order valence-corrected chi connectivity index (χ0v) is 14.5. The van der Waals surface area contributed by atoms with Crippen LogP contribution in [0.4, 0.5) is 0 Å². The van der Waals surface area contributed by atoms with Crippen LogP contribution in [0.5, 0.6) is 17.2 Å². The summed E-state index contributed by atoms with van der Waals surface area (Å²) in [4.78, 5) is 0.258. The molecule has 0 atom stereocenters. The van der Waals surface area contributed by atoms with Gasteiger partial charge in [-0.1, -0.05) is 29.9 Å². The first kappa shape index (κ1) is 17.4. The van der Waals surface area contributed by atoms with E-state index in [1.165, 1.54) is 0 Å². The summed E-state index contributed by atoms with van der Waals surface area (Å²) in [6.45, 7) is 2.63. The molecule has 0 aliphatic rings. The Kier molecular flexibility index (Phi) is 6.07. The second-order valence-electron chi connectivity index (χ2n) is 4.81. The normalized spacial score (nSPS) is 10.2. The number of para-hydroxylation sites is 1. The first-order valence-corrected chi connectivity index (χ1v) is 7.80. The first-order chi connectivity index (χ1) is 11.0. The van der Waals surface area contributed by atoms with Crippen molar-refractivity contribution in [2.75, 3.05) is 20.3 Å². The van der Waals surface area contributed by atoms with Gasteiger partial charge in [-0.25, -0.2) is 0 Å². The van der Waals surface area contributed by atoms with Gasteiger partial charge in [-0.2, -0.15) is 0 Å². The molecule has 0 amide bonds. The summed E-state index contributed by atoms with van der Waals surface area (Å²) in [6.07, 6.45) is 0. The molecule has 2 aromatic carbocycles. The smallest absolute Gasteiger partial charge is 0.171 e. The van der Waals surface area contributed by atoms with E-state index in [-0.39, 0.29) is 4.99 Å². The van der Waals surface area contributed by atoms with Gasteiger partial charge in [-0.05, 0) is 42.8 Å². The number of hydrogen-bond donors (Lipinski definition) is 1. The molecule has 2 aromatic rings. The van der Waals surface area contributed by atoms with Gasteiger partial charge in [0, 0.05) is 5.02 Å². The highest BCUT2D eigenvalue weighted by atomic mass is 35.5. The molecule has 0 aliphatic carbocycles. The van der Waals surface area contributed by atoms with Crippen LogP contribution in [0.3, 0.4) is 0 Å². The number of hydrogen-bond acceptors (Lipinski definition) is 4. The van der Waals surface area contributed by atoms with Crippen LogP contribution in [0, 0.1) is 6.92 Å². The lowest BCUT2D eigenvalue weighted by molar-refractivity contribution is 0.211. The predicted octanol–water partition coefficient (Wildman–Crippen LogP) is 3.75. The number of methoxy groups -OCH3 is 1. The van der Waals surface area contributed by atoms with E-state index in [2.05, 4.69) is 0 Å². The van der Waals surface area contributed by atoms with Gasteiger partial charge in [0.15, 0.2) is 11.5 Å². The fourth-order valence-electron chi connectivity index (χ4n) is 2.03. The Bertz CT molecular complexity index is 706. The maximum Gasteiger partial charge on any atom is 0.171 e. The molecule has 2 rings (SSSR count). The number of aryl methyl sites for hydroxylation is 1. The molecular formula is C17H18ClNO3S. The van der Waals surface area contributed by atoms with E-state index in [1.54, 1.807) is 25.3 Å². The highest BCUT2D eigenvalue weighted by molar-refractivity contribution is 7.80. The van der Waals surface area contributed by atoms with Gasteiger partial charge < -0.3 is 19.9 Å². The molecule has 0 spiro atoms. The van der Waals surface area contributed by atoms with Crippen LogP contribution in [-0.2, 0) is 0 Å². The Morgan fingerprint density at radius 2 is 1.91 bits per heavy atom. The number of thiocarbonyl (C=S) groups is 1. The van der Waals surface area contributed by atoms with E-state index < -0.39 is 0 Å². The van der Waals surface area contributed by atoms with Crippen molar-refractivity contribution in [1.29, 1.82) is 0 Å². The van der Waals surface area contributed by atoms with Gasteiger partial charge >= 0.3 is 0 Å². The van der Waals surface area contributed by atoms with Gasteiger partial charge in [-0.15, -0.1) is 0 Å². The lowest BCUT2D eigenvalue weighted by Gasteiger charge is -2.15. The van der Waals surface area contributed by atoms with Gasteiger partial charge in [0.05, 0.1) is 12.7 Å². The quantitative estimate of drug-likeness (QED) is 0.608. The Labute approximate surface area is 146 Å². The number of ether oxygens (including phenoxy) is 3. The summed E-state index contributed by atoms with van der Waals surface area (Å²) >= 11 is 11.0. The third-order valence-corrected chi connectivity index (χ3v) is 3.84. The lowest BCUT2D eigenvalue weighted by atomic mass is 10.2. The average Bonchev–Trinajstić information content (AvgIpc) is 2.54. The fourth-order valence-corrected chi connectivity index (χ4v) is 2.31. The van der Waals surface area contributed by atoms with Crippen LogP contribution < -0.4 is 19.9 Å². The molecule has 0 bridgehead atoms. The Morgan fingerprint density at radius 3 is 2.57 bits per heavy atom. The first-order valence-electron chi connectivity index (χ1n) is 7.01. The third-order valence-electron chi connectivity index (χ3n) is 3.19. The average molecular weight is 352 g/mol. The van der Waals surface area contributed by atoms with Crippen molar-refractivity contribution >= 4 is 28.8 Å². The molecule has 0 saturated carbocycles. The molecule has 0 heterocycles. The topological polar surface area (TPSA) is 53.7 Å². The number of rotatable bonds is 7. The van der Waals surface area contributed by atoms with E-state index in [4.69, 9.17) is 43.8 Å². The molecule has 6 heteroatoms. The summed E-state index contributed by atoms with van der Waals surface area (Å²) < 4.78 is 16.7. The molecule has 0 radical (unpaired) electrons. The van der Waals surface area contributed by atoms with Gasteiger partial charge in [0.1, 0.15) is 24.0 Å². The van der Waals surface area contributed by atoms with E-state index in [0.29, 0.717) is 35.3 Å². The van der Waals surface area contributed by atoms with Gasteiger partial charge in [0.2, 0.25) is 0 Å². The van der Waals surface area contributed by atoms with Crippen LogP contribution in [0.25, 0.3) is 0 Å². The van der Waals surface area contributed by atoms with Crippen molar-refractivity contribution in [3.8, 4) is 17.2 Å². The molecule has 0 unspecified atom stereocenters. The predicted molar refractivity (Wildman–Crippen MR) is 96.1 cm³/mol. The van der Waals surface area contributed by atoms with Gasteiger partial charge in [-0.3, -0.25) is 0 Å². The lowest BCUT2D eigenvalue weighted by Crippen LogP contribution is -2.15. The molecule has 0 aromatic heterocycles. The van der Waals surface area contributed by atoms with Crippen LogP contribution >= 0.6 is 23.8 Å². The van der Waals surface area contributed by atoms with E-state index in [1.807, 2.05) is 25.1 Å². The molecular weight excluding hydrogens is 334 g/mol. The van der Waals surface area contributed by atoms with Crippen molar-refractivity contribution in [2.24, 2.45) is 5.73 Å². The van der Waals surface area contributed by atoms with E-state index in [9.17, 15) is 0 Å². The van der Waals surface area contributed by atoms with Crippen molar-refractivity contribution in [2.45, 2.75) is 6.92 Å². The maximum atomic E-state index is 5.98. The summed E-state index contributed by atoms with van der Waals surface area (Å²) in [5, 5.41) is 0.712. The SMILES string of the molecule is COc1cccc(C(N)=S)c1OCCOc1ccc(Cl)c(C)c1. The molecule has 0 saturated heterocycles. The summed E-state index contributed by atoms with van der Waals surface area (Å²) in [5.74, 6) is 1.85. The Hall–Kier alpha value is -1.98. The minimum atomic E-state index is 0.258. The largest absolute Gasteiger partial charge is 0.493 e. The standard InChI is InChI=1S/C17H18ClNO3S/c1-11-10-12(6-7-14(11)18)21-8-9-22-16-13(17(19)23)4-3-5-15(16)20-2/h3-7,10H,8-9H2,1-2H3,(H2,19,23). The van der Waals surface area contributed by atoms with Crippen LogP contribution in [0.2, 0.25) is 5.02 Å². The number of benzene rings is 2. The van der Waals surface area contributed by atoms with E-state index in [0.717, 1.165) is 11.3 Å². The maximum absolute atomic E-state index is 5.98. The van der Waals surface area contributed by atoms with Crippen molar-refractivity contribution < 1.29 is 14.2 Å². The Balaban J connectivity index is 1.98. The molecule has 2 N–H and O–H groups in total. The van der Waals surface area contributed by atoms with Gasteiger partial charge in [0.25, 0.3) is 0 Å². The summed E-state index contributed by atoms with van der Waals surface area (Å²) in [7, 11) is 1.57. The van der Waals surface area contributed by atoms with E-state index >= 15 is 0 Å². The number of halogens is 1. The fraction of sp³-hybridized carbons (Fsp3) is 0.235. The molecule has 0 aliphatic heterocycles. The second-order valence-corrected chi connectivity index (χ2v) is 5.66. The van der Waals surface area contributed by atoms with Crippen molar-refractivity contribution in [3.63, 3.8) is 0 Å². The Morgan fingerprint density at radius 1 is 1.17 bits per heavy atom. The molecule has 122 valence electrons. The van der Waals surface area contributed by atoms with Crippen molar-refractivity contribution in [3.05, 3.63) is 52.5 Å². The van der Waals surface area contributed by atoms with Crippen LogP contribution in [0.1, 0.15) is 11.1 Å². The molecule has 4 nitrogen and oxygen atoms in total. The van der Waals surface area contributed by atoms with Crippen LogP contribution in [0.15, 0.2) is 36.4 Å². The van der Waals surface area contributed by atoms with Crippen LogP contribution in [-0.4, -0.2) is 25.3 Å². The highest BCUT2D eigenvalue weighted by Gasteiger charge is 2.12. The zero-order chi connectivity index (χ0) is 16.8. The summed E-state index contributed by atoms with van der Waals surface area (Å²) in [5.41, 5.74) is 7.32. The third kappa shape index (κ3) is 4.50. The zero-order valence-electron chi connectivity index (χ0n) is 13.0. The second kappa shape index (κ2) is 8.04. The summed E-state index contributed by atoms with van der Waals surface area (Å²) in [6, 6.07) is 10.9. The number of nitrogens with two attached hydrogens (primary N) is 1. The minimum absolute atomic E-state index is 0.258.